The first-order chi connectivity index (χ1) is 8.06. The van der Waals surface area contributed by atoms with Gasteiger partial charge in [-0.3, -0.25) is 9.08 Å². The summed E-state index contributed by atoms with van der Waals surface area (Å²) < 4.78 is 3.99. The maximum atomic E-state index is 11.5. The van der Waals surface area contributed by atoms with Crippen molar-refractivity contribution in [3.8, 4) is 0 Å². The van der Waals surface area contributed by atoms with Gasteiger partial charge in [-0.05, 0) is 12.1 Å². The molecule has 6 nitrogen and oxygen atoms in total. The first-order valence-electron chi connectivity index (χ1n) is 4.60. The molecule has 3 N–H and O–H groups in total. The number of carboxylic acids is 1. The van der Waals surface area contributed by atoms with Crippen molar-refractivity contribution in [2.24, 2.45) is 0 Å². The number of carboxylic acid groups (broad SMARTS) is 1. The van der Waals surface area contributed by atoms with Crippen LogP contribution in [0.2, 0.25) is 0 Å². The van der Waals surface area contributed by atoms with Gasteiger partial charge < -0.3 is 15.5 Å². The third-order valence-corrected chi connectivity index (χ3v) is 2.13. The van der Waals surface area contributed by atoms with Crippen molar-refractivity contribution in [1.82, 2.24) is 0 Å². The molecule has 0 aliphatic carbocycles. The van der Waals surface area contributed by atoms with E-state index in [4.69, 9.17) is 17.0 Å². The zero-order valence-corrected chi connectivity index (χ0v) is 9.29. The van der Waals surface area contributed by atoms with Crippen LogP contribution in [0.1, 0.15) is 0 Å². The highest BCUT2D eigenvalue weighted by atomic mass is 35.5. The number of aliphatic hydroxyl groups is 1. The first-order valence-corrected chi connectivity index (χ1v) is 4.91. The van der Waals surface area contributed by atoms with Crippen molar-refractivity contribution in [2.75, 3.05) is 5.32 Å². The van der Waals surface area contributed by atoms with Crippen molar-refractivity contribution >= 4 is 29.4 Å². The maximum absolute atomic E-state index is 11.5. The number of hydrogen-bond acceptors (Lipinski definition) is 4. The molecule has 0 aromatic heterocycles. The summed E-state index contributed by atoms with van der Waals surface area (Å²) in [4.78, 5) is 22.0. The molecular weight excluding hydrogens is 250 g/mol. The topological polar surface area (TPSA) is 95.9 Å². The lowest BCUT2D eigenvalue weighted by Crippen LogP contribution is -2.43. The van der Waals surface area contributed by atoms with Gasteiger partial charge in [0.1, 0.15) is 0 Å². The molecule has 0 spiro atoms. The largest absolute Gasteiger partial charge is 0.479 e. The molecular formula is C10H10ClNO5. The predicted molar refractivity (Wildman–Crippen MR) is 59.4 cm³/mol. The fraction of sp³-hybridized carbons (Fsp3) is 0.200. The van der Waals surface area contributed by atoms with Gasteiger partial charge in [-0.15, -0.1) is 0 Å². The molecule has 0 radical (unpaired) electrons. The van der Waals surface area contributed by atoms with Crippen LogP contribution in [0, 0.1) is 0 Å². The zero-order valence-electron chi connectivity index (χ0n) is 8.54. The molecule has 1 aromatic rings. The molecule has 92 valence electrons. The van der Waals surface area contributed by atoms with Gasteiger partial charge in [-0.1, -0.05) is 18.2 Å². The third kappa shape index (κ3) is 3.70. The molecule has 1 aromatic carbocycles. The number of rotatable bonds is 5. The lowest BCUT2D eigenvalue weighted by molar-refractivity contribution is -0.154. The molecule has 0 heterocycles. The van der Waals surface area contributed by atoms with Gasteiger partial charge in [0.05, 0.1) is 11.9 Å². The molecule has 2 unspecified atom stereocenters. The molecule has 17 heavy (non-hydrogen) atoms. The first kappa shape index (κ1) is 13.4. The number of para-hydroxylation sites is 1. The van der Waals surface area contributed by atoms with E-state index in [2.05, 4.69) is 9.61 Å². The van der Waals surface area contributed by atoms with E-state index in [0.29, 0.717) is 5.69 Å². The number of amides is 1. The normalized spacial score (nSPS) is 13.8. The van der Waals surface area contributed by atoms with Gasteiger partial charge in [-0.2, -0.15) is 0 Å². The number of carbonyl (C=O) groups is 2. The second-order valence-corrected chi connectivity index (χ2v) is 3.33. The number of aliphatic hydroxyl groups excluding tert-OH is 1. The van der Waals surface area contributed by atoms with Gasteiger partial charge in [0.15, 0.2) is 6.10 Å². The van der Waals surface area contributed by atoms with E-state index in [1.165, 1.54) is 0 Å². The Morgan fingerprint density at radius 3 is 2.35 bits per heavy atom. The average Bonchev–Trinajstić information content (AvgIpc) is 2.30. The Morgan fingerprint density at radius 1 is 1.29 bits per heavy atom. The zero-order chi connectivity index (χ0) is 12.8. The van der Waals surface area contributed by atoms with Crippen molar-refractivity contribution in [1.29, 1.82) is 0 Å². The summed E-state index contributed by atoms with van der Waals surface area (Å²) in [5.74, 6) is -2.44. The van der Waals surface area contributed by atoms with Crippen LogP contribution in [0.5, 0.6) is 0 Å². The van der Waals surface area contributed by atoms with Crippen LogP contribution in [-0.2, 0) is 13.9 Å². The van der Waals surface area contributed by atoms with E-state index in [-0.39, 0.29) is 0 Å². The fourth-order valence-electron chi connectivity index (χ4n) is 1.10. The predicted octanol–water partition coefficient (Wildman–Crippen LogP) is 0.610. The molecule has 0 saturated carbocycles. The molecule has 7 heteroatoms. The Balaban J connectivity index is 2.67. The molecule has 0 bridgehead atoms. The number of nitrogens with one attached hydrogen (secondary N) is 1. The highest BCUT2D eigenvalue weighted by molar-refractivity contribution is 6.09. The summed E-state index contributed by atoms with van der Waals surface area (Å²) in [6, 6.07) is 8.27. The molecule has 0 aliphatic heterocycles. The molecule has 0 aliphatic rings. The standard InChI is InChI=1S/C10H10ClNO5/c11-17-8(10(15)16)7(13)9(14)12-6-4-2-1-3-5-6/h1-5,7-8,13H,(H,12,14)(H,15,16). The third-order valence-electron chi connectivity index (χ3n) is 1.94. The number of hydrogen-bond donors (Lipinski definition) is 3. The van der Waals surface area contributed by atoms with Gasteiger partial charge >= 0.3 is 5.97 Å². The Hall–Kier alpha value is -1.63. The Kier molecular flexibility index (Phi) is 4.89. The number of halogens is 1. The van der Waals surface area contributed by atoms with Crippen LogP contribution in [0.4, 0.5) is 5.69 Å². The molecule has 1 amide bonds. The van der Waals surface area contributed by atoms with E-state index in [0.717, 1.165) is 0 Å². The van der Waals surface area contributed by atoms with E-state index < -0.39 is 24.1 Å². The SMILES string of the molecule is O=C(Nc1ccccc1)C(O)C(OCl)C(=O)O. The summed E-state index contributed by atoms with van der Waals surface area (Å²) in [5.41, 5.74) is 0.426. The van der Waals surface area contributed by atoms with Crippen molar-refractivity contribution < 1.29 is 24.1 Å². The molecule has 0 saturated heterocycles. The van der Waals surface area contributed by atoms with Gasteiger partial charge in [0.25, 0.3) is 5.91 Å². The lowest BCUT2D eigenvalue weighted by atomic mass is 10.2. The second-order valence-electron chi connectivity index (χ2n) is 3.15. The van der Waals surface area contributed by atoms with Crippen LogP contribution in [0.15, 0.2) is 30.3 Å². The van der Waals surface area contributed by atoms with E-state index >= 15 is 0 Å². The molecule has 2 atom stereocenters. The Labute approximate surface area is 102 Å². The van der Waals surface area contributed by atoms with Gasteiger partial charge in [0, 0.05) is 5.69 Å². The second kappa shape index (κ2) is 6.19. The minimum absolute atomic E-state index is 0.426. The Bertz CT molecular complexity index is 397. The summed E-state index contributed by atoms with van der Waals surface area (Å²) in [7, 11) is 0. The smallest absolute Gasteiger partial charge is 0.338 e. The van der Waals surface area contributed by atoms with Gasteiger partial charge in [0.2, 0.25) is 6.10 Å². The minimum atomic E-state index is -1.90. The fourth-order valence-corrected chi connectivity index (χ4v) is 1.27. The lowest BCUT2D eigenvalue weighted by Gasteiger charge is -2.15. The quantitative estimate of drug-likeness (QED) is 0.720. The van der Waals surface area contributed by atoms with E-state index in [1.54, 1.807) is 30.3 Å². The average molecular weight is 260 g/mol. The summed E-state index contributed by atoms with van der Waals surface area (Å²) in [6.45, 7) is 0. The molecule has 0 fully saturated rings. The van der Waals surface area contributed by atoms with Crippen molar-refractivity contribution in [2.45, 2.75) is 12.2 Å². The minimum Gasteiger partial charge on any atom is -0.479 e. The summed E-state index contributed by atoms with van der Waals surface area (Å²) in [5, 5.41) is 20.3. The van der Waals surface area contributed by atoms with Crippen molar-refractivity contribution in [3.63, 3.8) is 0 Å². The number of anilines is 1. The van der Waals surface area contributed by atoms with Gasteiger partial charge in [-0.25, -0.2) is 4.79 Å². The highest BCUT2D eigenvalue weighted by Crippen LogP contribution is 2.09. The number of carbonyl (C=O) groups excluding carboxylic acids is 1. The summed E-state index contributed by atoms with van der Waals surface area (Å²) >= 11 is 4.88. The van der Waals surface area contributed by atoms with Crippen LogP contribution >= 0.6 is 11.9 Å². The summed E-state index contributed by atoms with van der Waals surface area (Å²) in [6.07, 6.45) is -3.72. The maximum Gasteiger partial charge on any atom is 0.338 e. The van der Waals surface area contributed by atoms with Crippen LogP contribution in [0.3, 0.4) is 0 Å². The number of benzene rings is 1. The van der Waals surface area contributed by atoms with E-state index in [9.17, 15) is 14.7 Å². The number of aliphatic carboxylic acids is 1. The monoisotopic (exact) mass is 259 g/mol. The van der Waals surface area contributed by atoms with Crippen LogP contribution in [0.25, 0.3) is 0 Å². The van der Waals surface area contributed by atoms with Crippen molar-refractivity contribution in [3.05, 3.63) is 30.3 Å². The van der Waals surface area contributed by atoms with E-state index in [1.807, 2.05) is 0 Å². The van der Waals surface area contributed by atoms with Crippen LogP contribution < -0.4 is 5.32 Å². The Morgan fingerprint density at radius 2 is 1.88 bits per heavy atom. The van der Waals surface area contributed by atoms with Crippen LogP contribution in [-0.4, -0.2) is 34.3 Å². The highest BCUT2D eigenvalue weighted by Gasteiger charge is 2.33. The molecule has 1 rings (SSSR count).